The van der Waals surface area contributed by atoms with Crippen molar-refractivity contribution in [2.45, 2.75) is 13.8 Å². The molecule has 0 aliphatic heterocycles. The summed E-state index contributed by atoms with van der Waals surface area (Å²) < 4.78 is 14.3. The van der Waals surface area contributed by atoms with Crippen LogP contribution in [-0.2, 0) is 9.73 Å². The van der Waals surface area contributed by atoms with Crippen LogP contribution in [0.3, 0.4) is 0 Å². The third-order valence-corrected chi connectivity index (χ3v) is 4.82. The second kappa shape index (κ2) is 5.87. The third-order valence-electron chi connectivity index (χ3n) is 2.62. The van der Waals surface area contributed by atoms with Crippen molar-refractivity contribution in [3.05, 3.63) is 41.3 Å². The molecule has 4 heteroatoms. The Hall–Kier alpha value is -1.29. The Morgan fingerprint density at radius 2 is 1.82 bits per heavy atom. The van der Waals surface area contributed by atoms with Gasteiger partial charge in [-0.25, -0.2) is 4.21 Å². The zero-order valence-electron chi connectivity index (χ0n) is 10.6. The summed E-state index contributed by atoms with van der Waals surface area (Å²) in [6.45, 7) is 5.31. The minimum Gasteiger partial charge on any atom is -0.506 e. The molecule has 1 atom stereocenters. The van der Waals surface area contributed by atoms with Gasteiger partial charge in [0, 0.05) is 5.56 Å². The van der Waals surface area contributed by atoms with Gasteiger partial charge >= 0.3 is 0 Å². The lowest BCUT2D eigenvalue weighted by Gasteiger charge is -2.04. The molecule has 1 aromatic rings. The van der Waals surface area contributed by atoms with E-state index < -0.39 is 9.73 Å². The lowest BCUT2D eigenvalue weighted by atomic mass is 10.2. The minimum absolute atomic E-state index is 0.0741. The molecule has 0 radical (unpaired) electrons. The average Bonchev–Trinajstić information content (AvgIpc) is 2.30. The molecule has 1 aromatic carbocycles. The van der Waals surface area contributed by atoms with E-state index >= 15 is 0 Å². The summed E-state index contributed by atoms with van der Waals surface area (Å²) in [4.78, 5) is 0. The van der Waals surface area contributed by atoms with Crippen LogP contribution in [0.15, 0.2) is 35.7 Å². The van der Waals surface area contributed by atoms with Crippen molar-refractivity contribution in [1.82, 2.24) is 0 Å². The van der Waals surface area contributed by atoms with Crippen LogP contribution < -0.4 is 0 Å². The van der Waals surface area contributed by atoms with Crippen molar-refractivity contribution < 1.29 is 13.3 Å². The topological polar surface area (TPSA) is 40.3 Å². The molecule has 1 rings (SSSR count). The molecule has 17 heavy (non-hydrogen) atoms. The summed E-state index contributed by atoms with van der Waals surface area (Å²) in [6.07, 6.45) is 1.65. The number of rotatable bonds is 4. The molecule has 1 unspecified atom stereocenters. The van der Waals surface area contributed by atoms with Crippen molar-refractivity contribution >= 4 is 15.5 Å². The number of benzene rings is 1. The van der Waals surface area contributed by atoms with Gasteiger partial charge < -0.3 is 5.11 Å². The van der Waals surface area contributed by atoms with E-state index in [0.29, 0.717) is 18.7 Å². The summed E-state index contributed by atoms with van der Waals surface area (Å²) in [6, 6.07) is 9.15. The molecule has 0 amide bonds. The van der Waals surface area contributed by atoms with E-state index in [0.717, 1.165) is 0 Å². The van der Waals surface area contributed by atoms with Crippen LogP contribution in [0.2, 0.25) is 0 Å². The molecule has 94 valence electrons. The Kier molecular flexibility index (Phi) is 4.75. The molecule has 0 saturated carbocycles. The van der Waals surface area contributed by atoms with Crippen molar-refractivity contribution in [2.24, 2.45) is 0 Å². The highest BCUT2D eigenvalue weighted by Gasteiger charge is 2.12. The Labute approximate surface area is 104 Å². The average molecular weight is 254 g/mol. The summed E-state index contributed by atoms with van der Waals surface area (Å²) in [5, 5.41) is 11.4. The van der Waals surface area contributed by atoms with Gasteiger partial charge in [-0.05, 0) is 13.8 Å². The first-order valence-electron chi connectivity index (χ1n) is 5.71. The van der Waals surface area contributed by atoms with E-state index in [4.69, 9.17) is 0 Å². The maximum Gasteiger partial charge on any atom is 0.176 e. The van der Waals surface area contributed by atoms with E-state index in [1.165, 1.54) is 5.41 Å². The molecule has 0 saturated heterocycles. The molecular formula is C13H20NO2S+. The van der Waals surface area contributed by atoms with E-state index in [2.05, 4.69) is 0 Å². The highest BCUT2D eigenvalue weighted by atomic mass is 32.2. The fourth-order valence-electron chi connectivity index (χ4n) is 1.69. The number of hydrogen-bond donors (Lipinski definition) is 1. The predicted octanol–water partition coefficient (Wildman–Crippen LogP) is 2.69. The lowest BCUT2D eigenvalue weighted by molar-refractivity contribution is -0.497. The molecule has 0 aliphatic rings. The Morgan fingerprint density at radius 1 is 1.29 bits per heavy atom. The number of aliphatic hydroxyl groups excluding tert-OH is 1. The Morgan fingerprint density at radius 3 is 2.29 bits per heavy atom. The zero-order chi connectivity index (χ0) is 12.9. The molecule has 0 aromatic heterocycles. The summed E-state index contributed by atoms with van der Waals surface area (Å²) >= 11 is 0. The standard InChI is InChI=1S/C13H19NO2S/c1-4-14(5-2)17(3,16)11-13(15)12-9-7-6-8-10-12/h6-11H,4-5H2,1-3H3/p+1. The van der Waals surface area contributed by atoms with Gasteiger partial charge in [-0.1, -0.05) is 30.3 Å². The molecular weight excluding hydrogens is 234 g/mol. The number of nitrogens with zero attached hydrogens (tertiary/aromatic N) is 1. The minimum atomic E-state index is -2.30. The molecule has 0 bridgehead atoms. The zero-order valence-corrected chi connectivity index (χ0v) is 11.4. The molecule has 3 nitrogen and oxygen atoms in total. The van der Waals surface area contributed by atoms with Crippen LogP contribution in [-0.4, -0.2) is 32.6 Å². The lowest BCUT2D eigenvalue weighted by Crippen LogP contribution is -2.18. The normalized spacial score (nSPS) is 15.4. The van der Waals surface area contributed by atoms with Gasteiger partial charge in [0.15, 0.2) is 9.73 Å². The van der Waals surface area contributed by atoms with Crippen LogP contribution in [0.5, 0.6) is 0 Å². The van der Waals surface area contributed by atoms with Crippen LogP contribution in [0.1, 0.15) is 19.4 Å². The van der Waals surface area contributed by atoms with Crippen molar-refractivity contribution in [1.29, 1.82) is 0 Å². The first kappa shape index (κ1) is 13.8. The van der Waals surface area contributed by atoms with E-state index in [1.54, 1.807) is 18.4 Å². The SMILES string of the molecule is CC[N+](CC)=S(C)(=O)/C=C(\O)c1ccccc1. The maximum atomic E-state index is 12.4. The second-order valence-corrected chi connectivity index (χ2v) is 6.32. The van der Waals surface area contributed by atoms with Crippen molar-refractivity contribution in [2.75, 3.05) is 19.3 Å². The highest BCUT2D eigenvalue weighted by Crippen LogP contribution is 2.12. The molecule has 1 N–H and O–H groups in total. The maximum absolute atomic E-state index is 12.4. The quantitative estimate of drug-likeness (QED) is 0.663. The summed E-state index contributed by atoms with van der Waals surface area (Å²) in [5.41, 5.74) is 0.689. The molecule has 0 spiro atoms. The Balaban J connectivity index is 3.21. The first-order valence-corrected chi connectivity index (χ1v) is 7.70. The van der Waals surface area contributed by atoms with E-state index in [-0.39, 0.29) is 5.76 Å². The fraction of sp³-hybridized carbons (Fsp3) is 0.385. The smallest absolute Gasteiger partial charge is 0.176 e. The molecule has 0 fully saturated rings. The number of aliphatic hydroxyl groups is 1. The van der Waals surface area contributed by atoms with Crippen LogP contribution in [0.25, 0.3) is 5.76 Å². The number of hydrogen-bond acceptors (Lipinski definition) is 2. The van der Waals surface area contributed by atoms with Gasteiger partial charge in [0.05, 0.1) is 11.7 Å². The van der Waals surface area contributed by atoms with Gasteiger partial charge in [-0.3, -0.25) is 0 Å². The van der Waals surface area contributed by atoms with Gasteiger partial charge in [0.1, 0.15) is 18.8 Å². The van der Waals surface area contributed by atoms with Gasteiger partial charge in [-0.2, -0.15) is 3.95 Å². The van der Waals surface area contributed by atoms with Crippen molar-refractivity contribution in [3.63, 3.8) is 0 Å². The van der Waals surface area contributed by atoms with Crippen LogP contribution in [0, 0.1) is 0 Å². The second-order valence-electron chi connectivity index (χ2n) is 3.84. The third kappa shape index (κ3) is 3.60. The monoisotopic (exact) mass is 254 g/mol. The first-order chi connectivity index (χ1) is 8.01. The molecule has 0 heterocycles. The van der Waals surface area contributed by atoms with Crippen LogP contribution >= 0.6 is 0 Å². The highest BCUT2D eigenvalue weighted by molar-refractivity contribution is 7.93. The van der Waals surface area contributed by atoms with Gasteiger partial charge in [0.2, 0.25) is 0 Å². The summed E-state index contributed by atoms with van der Waals surface area (Å²) in [5.74, 6) is 0.0741. The summed E-state index contributed by atoms with van der Waals surface area (Å²) in [7, 11) is -2.30. The van der Waals surface area contributed by atoms with Gasteiger partial charge in [0.25, 0.3) is 0 Å². The predicted molar refractivity (Wildman–Crippen MR) is 72.5 cm³/mol. The largest absolute Gasteiger partial charge is 0.506 e. The molecule has 0 aliphatic carbocycles. The van der Waals surface area contributed by atoms with Crippen LogP contribution in [0.4, 0.5) is 0 Å². The Bertz CT molecular complexity index is 505. The van der Waals surface area contributed by atoms with Gasteiger partial charge in [-0.15, -0.1) is 0 Å². The van der Waals surface area contributed by atoms with Crippen molar-refractivity contribution in [3.8, 4) is 0 Å². The fourth-order valence-corrected chi connectivity index (χ4v) is 3.42. The van der Waals surface area contributed by atoms with E-state index in [1.807, 2.05) is 36.0 Å². The van der Waals surface area contributed by atoms with E-state index in [9.17, 15) is 9.32 Å².